The van der Waals surface area contributed by atoms with Gasteiger partial charge in [-0.25, -0.2) is 0 Å². The lowest BCUT2D eigenvalue weighted by Crippen LogP contribution is -2.66. The van der Waals surface area contributed by atoms with Gasteiger partial charge in [0.2, 0.25) is 11.8 Å². The van der Waals surface area contributed by atoms with Gasteiger partial charge in [-0.05, 0) is 82.0 Å². The second-order valence-corrected chi connectivity index (χ2v) is 10.2. The van der Waals surface area contributed by atoms with Gasteiger partial charge in [0.15, 0.2) is 0 Å². The predicted molar refractivity (Wildman–Crippen MR) is 122 cm³/mol. The summed E-state index contributed by atoms with van der Waals surface area (Å²) in [5.41, 5.74) is 1.30. The molecule has 0 N–H and O–H groups in total. The summed E-state index contributed by atoms with van der Waals surface area (Å²) in [6.45, 7) is 5.15. The molecule has 0 saturated carbocycles. The fraction of sp³-hybridized carbons (Fsp3) is 0.692. The van der Waals surface area contributed by atoms with Crippen LogP contribution in [0.2, 0.25) is 0 Å². The Morgan fingerprint density at radius 1 is 1.00 bits per heavy atom. The number of fused-ring (bicyclic) bond motifs is 4. The number of rotatable bonds is 6. The number of nitrogens with zero attached hydrogens (tertiary/aromatic N) is 3. The van der Waals surface area contributed by atoms with Crippen LogP contribution in [0.4, 0.5) is 0 Å². The molecular weight excluding hydrogens is 386 g/mol. The zero-order chi connectivity index (χ0) is 21.2. The number of hydrogen-bond acceptors (Lipinski definition) is 3. The van der Waals surface area contributed by atoms with Crippen LogP contribution < -0.4 is 0 Å². The maximum Gasteiger partial charge on any atom is 0.223 e. The molecule has 5 nitrogen and oxygen atoms in total. The monoisotopic (exact) mass is 423 g/mol. The van der Waals surface area contributed by atoms with Gasteiger partial charge in [0, 0.05) is 38.0 Å². The average molecular weight is 424 g/mol. The van der Waals surface area contributed by atoms with E-state index in [1.807, 2.05) is 0 Å². The largest absolute Gasteiger partial charge is 0.342 e. The summed E-state index contributed by atoms with van der Waals surface area (Å²) in [4.78, 5) is 33.0. The number of amides is 2. The van der Waals surface area contributed by atoms with E-state index in [0.717, 1.165) is 45.3 Å². The van der Waals surface area contributed by atoms with Gasteiger partial charge in [-0.3, -0.25) is 9.59 Å². The average Bonchev–Trinajstić information content (AvgIpc) is 3.31. The SMILES string of the molecule is O=C(CCCN1CCCC1)N1C[C@H]2C[C@@H](C1)[C@H](Cc1ccccc1)N1C(=O)CCC[C@@H]21. The number of hydrogen-bond donors (Lipinski definition) is 0. The van der Waals surface area contributed by atoms with Crippen LogP contribution in [0.3, 0.4) is 0 Å². The third-order valence-corrected chi connectivity index (χ3v) is 8.20. The Morgan fingerprint density at radius 2 is 1.77 bits per heavy atom. The molecule has 4 heterocycles. The minimum Gasteiger partial charge on any atom is -0.342 e. The summed E-state index contributed by atoms with van der Waals surface area (Å²) in [6.07, 6.45) is 9.15. The molecule has 4 saturated heterocycles. The second-order valence-electron chi connectivity index (χ2n) is 10.2. The molecule has 4 aliphatic rings. The molecular formula is C26H37N3O2. The van der Waals surface area contributed by atoms with Crippen LogP contribution in [0, 0.1) is 11.8 Å². The summed E-state index contributed by atoms with van der Waals surface area (Å²) in [6, 6.07) is 11.2. The van der Waals surface area contributed by atoms with Gasteiger partial charge in [0.1, 0.15) is 0 Å². The van der Waals surface area contributed by atoms with Crippen molar-refractivity contribution in [1.82, 2.24) is 14.7 Å². The Bertz CT molecular complexity index is 776. The highest BCUT2D eigenvalue weighted by atomic mass is 16.2. The lowest BCUT2D eigenvalue weighted by Gasteiger charge is -2.56. The summed E-state index contributed by atoms with van der Waals surface area (Å²) >= 11 is 0. The van der Waals surface area contributed by atoms with Crippen LogP contribution in [0.1, 0.15) is 56.9 Å². The van der Waals surface area contributed by atoms with E-state index in [-0.39, 0.29) is 6.04 Å². The van der Waals surface area contributed by atoms with E-state index in [1.165, 1.54) is 37.9 Å². The fourth-order valence-corrected chi connectivity index (χ4v) is 6.72. The molecule has 31 heavy (non-hydrogen) atoms. The van der Waals surface area contributed by atoms with Crippen LogP contribution in [0.15, 0.2) is 30.3 Å². The molecule has 0 aromatic heterocycles. The van der Waals surface area contributed by atoms with Gasteiger partial charge in [-0.15, -0.1) is 0 Å². The van der Waals surface area contributed by atoms with E-state index < -0.39 is 0 Å². The van der Waals surface area contributed by atoms with Crippen molar-refractivity contribution in [2.45, 2.75) is 69.9 Å². The molecule has 0 radical (unpaired) electrons. The lowest BCUT2D eigenvalue weighted by atomic mass is 9.70. The van der Waals surface area contributed by atoms with Gasteiger partial charge in [0.05, 0.1) is 0 Å². The highest BCUT2D eigenvalue weighted by Crippen LogP contribution is 2.42. The summed E-state index contributed by atoms with van der Waals surface area (Å²) < 4.78 is 0. The van der Waals surface area contributed by atoms with Gasteiger partial charge >= 0.3 is 0 Å². The fourth-order valence-electron chi connectivity index (χ4n) is 6.72. The number of carbonyl (C=O) groups excluding carboxylic acids is 2. The molecule has 2 amide bonds. The van der Waals surface area contributed by atoms with Crippen LogP contribution in [0.5, 0.6) is 0 Å². The third kappa shape index (κ3) is 4.52. The first-order valence-electron chi connectivity index (χ1n) is 12.5. The highest BCUT2D eigenvalue weighted by molar-refractivity contribution is 5.79. The topological polar surface area (TPSA) is 43.9 Å². The Morgan fingerprint density at radius 3 is 2.58 bits per heavy atom. The quantitative estimate of drug-likeness (QED) is 0.705. The molecule has 168 valence electrons. The molecule has 0 aliphatic carbocycles. The van der Waals surface area contributed by atoms with E-state index in [4.69, 9.17) is 0 Å². The van der Waals surface area contributed by atoms with Crippen molar-refractivity contribution < 1.29 is 9.59 Å². The maximum atomic E-state index is 13.1. The number of benzene rings is 1. The maximum absolute atomic E-state index is 13.1. The molecule has 0 unspecified atom stereocenters. The molecule has 4 aliphatic heterocycles. The van der Waals surface area contributed by atoms with Crippen molar-refractivity contribution in [3.63, 3.8) is 0 Å². The zero-order valence-corrected chi connectivity index (χ0v) is 18.8. The minimum absolute atomic E-state index is 0.233. The molecule has 5 heteroatoms. The Hall–Kier alpha value is -1.88. The summed E-state index contributed by atoms with van der Waals surface area (Å²) in [5.74, 6) is 1.54. The van der Waals surface area contributed by atoms with E-state index >= 15 is 0 Å². The van der Waals surface area contributed by atoms with Crippen LogP contribution in [0.25, 0.3) is 0 Å². The van der Waals surface area contributed by atoms with E-state index in [0.29, 0.717) is 42.5 Å². The van der Waals surface area contributed by atoms with Crippen molar-refractivity contribution in [3.8, 4) is 0 Å². The number of carbonyl (C=O) groups is 2. The second kappa shape index (κ2) is 9.32. The van der Waals surface area contributed by atoms with Crippen LogP contribution in [-0.4, -0.2) is 71.3 Å². The van der Waals surface area contributed by atoms with E-state index in [9.17, 15) is 9.59 Å². The van der Waals surface area contributed by atoms with Gasteiger partial charge in [-0.1, -0.05) is 30.3 Å². The van der Waals surface area contributed by atoms with Gasteiger partial charge in [0.25, 0.3) is 0 Å². The molecule has 2 bridgehead atoms. The van der Waals surface area contributed by atoms with E-state index in [2.05, 4.69) is 45.0 Å². The minimum atomic E-state index is 0.233. The molecule has 4 atom stereocenters. The molecule has 1 aromatic carbocycles. The predicted octanol–water partition coefficient (Wildman–Crippen LogP) is 3.33. The van der Waals surface area contributed by atoms with Crippen molar-refractivity contribution in [2.75, 3.05) is 32.7 Å². The molecule has 0 spiro atoms. The molecule has 4 fully saturated rings. The molecule has 1 aromatic rings. The van der Waals surface area contributed by atoms with Gasteiger partial charge in [-0.2, -0.15) is 0 Å². The first kappa shape index (κ1) is 21.0. The smallest absolute Gasteiger partial charge is 0.223 e. The van der Waals surface area contributed by atoms with Crippen molar-refractivity contribution in [3.05, 3.63) is 35.9 Å². The Balaban J connectivity index is 1.28. The van der Waals surface area contributed by atoms with Gasteiger partial charge < -0.3 is 14.7 Å². The first-order valence-corrected chi connectivity index (χ1v) is 12.5. The summed E-state index contributed by atoms with van der Waals surface area (Å²) in [7, 11) is 0. The van der Waals surface area contributed by atoms with Crippen LogP contribution >= 0.6 is 0 Å². The van der Waals surface area contributed by atoms with Crippen molar-refractivity contribution >= 4 is 11.8 Å². The first-order chi connectivity index (χ1) is 15.2. The van der Waals surface area contributed by atoms with E-state index in [1.54, 1.807) is 0 Å². The zero-order valence-electron chi connectivity index (χ0n) is 18.8. The normalized spacial score (nSPS) is 31.0. The van der Waals surface area contributed by atoms with Crippen molar-refractivity contribution in [2.24, 2.45) is 11.8 Å². The number of piperidine rings is 3. The highest BCUT2D eigenvalue weighted by Gasteiger charge is 2.49. The Kier molecular flexibility index (Phi) is 6.31. The van der Waals surface area contributed by atoms with Crippen molar-refractivity contribution in [1.29, 1.82) is 0 Å². The molecule has 5 rings (SSSR count). The third-order valence-electron chi connectivity index (χ3n) is 8.20. The standard InChI is InChI=1S/C26H37N3O2/c30-25(12-7-15-27-13-4-5-14-27)28-18-21-17-22(19-28)24(16-20-8-2-1-3-9-20)29-23(21)10-6-11-26(29)31/h1-3,8-9,21-24H,4-7,10-19H2/t21-,22+,23+,24+/m1/s1. The lowest BCUT2D eigenvalue weighted by molar-refractivity contribution is -0.156. The summed E-state index contributed by atoms with van der Waals surface area (Å²) in [5, 5.41) is 0. The number of likely N-dealkylation sites (tertiary alicyclic amines) is 2. The van der Waals surface area contributed by atoms with Crippen LogP contribution in [-0.2, 0) is 16.0 Å². The Labute approximate surface area is 186 Å².